The molecule has 0 amide bonds. The van der Waals surface area contributed by atoms with Gasteiger partial charge in [0.2, 0.25) is 0 Å². The summed E-state index contributed by atoms with van der Waals surface area (Å²) in [7, 11) is 0. The molecule has 0 radical (unpaired) electrons. The summed E-state index contributed by atoms with van der Waals surface area (Å²) in [5, 5.41) is 111. The van der Waals surface area contributed by atoms with Crippen LogP contribution in [0, 0.1) is 50.2 Å². The number of carbonyl (C=O) groups excluding carboxylic acids is 1. The van der Waals surface area contributed by atoms with E-state index in [4.69, 9.17) is 28.4 Å². The summed E-state index contributed by atoms with van der Waals surface area (Å²) < 4.78 is 36.5. The number of hydrogen-bond donors (Lipinski definition) is 9. The van der Waals surface area contributed by atoms with Gasteiger partial charge in [0.25, 0.3) is 0 Å². The fourth-order valence-electron chi connectivity index (χ4n) is 14.9. The second-order valence-corrected chi connectivity index (χ2v) is 23.1. The van der Waals surface area contributed by atoms with E-state index in [1.165, 1.54) is 12.5 Å². The van der Waals surface area contributed by atoms with Crippen LogP contribution in [0.5, 0.6) is 0 Å². The Morgan fingerprint density at radius 1 is 0.738 bits per heavy atom. The molecule has 17 nitrogen and oxygen atoms in total. The summed E-state index contributed by atoms with van der Waals surface area (Å²) in [6, 6.07) is 0. The van der Waals surface area contributed by atoms with Crippen LogP contribution in [-0.4, -0.2) is 163 Å². The Balaban J connectivity index is 0.00000630. The van der Waals surface area contributed by atoms with Crippen LogP contribution in [0.25, 0.3) is 0 Å². The van der Waals surface area contributed by atoms with Gasteiger partial charge in [-0.25, -0.2) is 0 Å². The third kappa shape index (κ3) is 8.20. The second-order valence-electron chi connectivity index (χ2n) is 23.1. The van der Waals surface area contributed by atoms with Crippen LogP contribution in [0.1, 0.15) is 113 Å². The van der Waals surface area contributed by atoms with Gasteiger partial charge in [0.05, 0.1) is 37.5 Å². The molecule has 8 rings (SSSR count). The quantitative estimate of drug-likeness (QED) is 0.0667. The van der Waals surface area contributed by atoms with Gasteiger partial charge in [-0.2, -0.15) is 0 Å². The molecule has 7 unspecified atom stereocenters. The van der Waals surface area contributed by atoms with E-state index >= 15 is 0 Å². The number of aliphatic carboxylic acids is 1. The number of ether oxygens (including phenoxy) is 6. The average Bonchev–Trinajstić information content (AvgIpc) is 3.22. The van der Waals surface area contributed by atoms with Gasteiger partial charge in [-0.05, 0) is 110 Å². The summed E-state index contributed by atoms with van der Waals surface area (Å²) >= 11 is 0. The number of aliphatic hydroxyl groups is 9. The molecular formula is C47H75NaO17. The van der Waals surface area contributed by atoms with Crippen LogP contribution in [0.4, 0.5) is 0 Å². The van der Waals surface area contributed by atoms with E-state index in [0.29, 0.717) is 32.1 Å². The van der Waals surface area contributed by atoms with Gasteiger partial charge in [-0.1, -0.05) is 60.1 Å². The Hall–Kier alpha value is -0.390. The maximum atomic E-state index is 13.1. The summed E-state index contributed by atoms with van der Waals surface area (Å²) in [4.78, 5) is 13.1. The zero-order chi connectivity index (χ0) is 46.9. The normalized spacial score (nSPS) is 53.8. The molecule has 0 aromatic rings. The van der Waals surface area contributed by atoms with Gasteiger partial charge in [-0.15, -0.1) is 0 Å². The minimum Gasteiger partial charge on any atom is -0.549 e. The van der Waals surface area contributed by atoms with Crippen molar-refractivity contribution < 1.29 is 114 Å². The molecule has 7 fully saturated rings. The van der Waals surface area contributed by atoms with E-state index in [0.717, 1.165) is 25.7 Å². The third-order valence-electron chi connectivity index (χ3n) is 18.9. The van der Waals surface area contributed by atoms with Crippen molar-refractivity contribution in [2.75, 3.05) is 13.2 Å². The van der Waals surface area contributed by atoms with E-state index in [-0.39, 0.29) is 63.6 Å². The first-order valence-electron chi connectivity index (χ1n) is 23.7. The van der Waals surface area contributed by atoms with Gasteiger partial charge in [0.15, 0.2) is 18.9 Å². The van der Waals surface area contributed by atoms with Crippen LogP contribution >= 0.6 is 0 Å². The number of carboxylic acids is 1. The molecule has 5 aliphatic carbocycles. The largest absolute Gasteiger partial charge is 1.00 e. The number of aliphatic hydroxyl groups excluding tert-OH is 9. The predicted molar refractivity (Wildman–Crippen MR) is 222 cm³/mol. The molecule has 0 spiro atoms. The van der Waals surface area contributed by atoms with Crippen LogP contribution in [0.2, 0.25) is 0 Å². The minimum absolute atomic E-state index is 0. The zero-order valence-electron chi connectivity index (χ0n) is 39.6. The number of allylic oxidation sites excluding steroid dienone is 2. The van der Waals surface area contributed by atoms with E-state index < -0.39 is 134 Å². The Labute approximate surface area is 404 Å². The van der Waals surface area contributed by atoms with E-state index in [2.05, 4.69) is 54.5 Å². The molecule has 0 aromatic heterocycles. The molecule has 8 aliphatic rings. The first kappa shape index (κ1) is 52.4. The van der Waals surface area contributed by atoms with Crippen molar-refractivity contribution in [1.82, 2.24) is 0 Å². The molecule has 23 atom stereocenters. The van der Waals surface area contributed by atoms with Crippen molar-refractivity contribution in [1.29, 1.82) is 0 Å². The third-order valence-corrected chi connectivity index (χ3v) is 18.9. The van der Waals surface area contributed by atoms with Gasteiger partial charge in [0, 0.05) is 5.41 Å². The van der Waals surface area contributed by atoms with Crippen LogP contribution < -0.4 is 34.7 Å². The standard InChI is InChI=1S/C47H76O17.Na/c1-21-30(51)32(53)34(55)39(60-21)64-37-35(56)40(61-25(19-48)36(37)63-38-33(54)31(52)24(49)20-59-38)62-29-12-13-44(6)26(43(29,4)5)11-14-45(7)27(44)10-9-22-23-17-42(2,3)15-16-47(23,41(57)58)28(50)18-46(22,45)8;/h9,21,23-40,48-56H,10-20H2,1-8H3,(H,57,58);/q;+1/p-1/t21-,23?,24+,25+,26?,27?,28+,29?,30-,31-,32+,33+,34+,35+,36+,37+,38-,39-,40-,44?,45?,46+,47?;/m0./s1. The van der Waals surface area contributed by atoms with Crippen molar-refractivity contribution in [3.63, 3.8) is 0 Å². The predicted octanol–water partition coefficient (Wildman–Crippen LogP) is -2.99. The molecule has 4 saturated carbocycles. The fourth-order valence-corrected chi connectivity index (χ4v) is 14.9. The van der Waals surface area contributed by atoms with Gasteiger partial charge >= 0.3 is 29.6 Å². The summed E-state index contributed by atoms with van der Waals surface area (Å²) in [6.45, 7) is 16.1. The number of fused-ring (bicyclic) bond motifs is 7. The maximum Gasteiger partial charge on any atom is 1.00 e. The SMILES string of the molecule is C[C@@H]1O[C@@H](O[C@@H]2[C@@H](O)[C@H](OC3CCC4(C)C(CCC5(C)C4CC=C4C6CC(C)(C)CCC6(C(=O)[O-])[C@H](O)C[C@]45C)C3(C)C)O[C@H](CO)[C@H]2O[C@@H]2OC[C@@H](O)[C@H](O)[C@H]2O)[C@H](O)[C@H](O)[C@H]1O.[Na+]. The van der Waals surface area contributed by atoms with Crippen molar-refractivity contribution in [2.24, 2.45) is 50.2 Å². The Kier molecular flexibility index (Phi) is 14.8. The number of hydrogen-bond acceptors (Lipinski definition) is 17. The monoisotopic (exact) mass is 934 g/mol. The van der Waals surface area contributed by atoms with Crippen LogP contribution in [0.3, 0.4) is 0 Å². The number of rotatable bonds is 8. The summed E-state index contributed by atoms with van der Waals surface area (Å²) in [5.41, 5.74) is -1.59. The van der Waals surface area contributed by atoms with Gasteiger partial charge in [0.1, 0.15) is 61.0 Å². The van der Waals surface area contributed by atoms with E-state index in [1.54, 1.807) is 0 Å². The van der Waals surface area contributed by atoms with Crippen LogP contribution in [0.15, 0.2) is 11.6 Å². The first-order chi connectivity index (χ1) is 29.8. The maximum absolute atomic E-state index is 13.1. The smallest absolute Gasteiger partial charge is 0.549 e. The fraction of sp³-hybridized carbons (Fsp3) is 0.936. The molecule has 0 aromatic carbocycles. The van der Waals surface area contributed by atoms with Crippen molar-refractivity contribution in [2.45, 2.75) is 211 Å². The zero-order valence-corrected chi connectivity index (χ0v) is 41.6. The molecule has 18 heteroatoms. The van der Waals surface area contributed by atoms with Crippen molar-refractivity contribution in [3.05, 3.63) is 11.6 Å². The molecule has 3 saturated heterocycles. The Morgan fingerprint density at radius 3 is 2.05 bits per heavy atom. The molecule has 3 aliphatic heterocycles. The molecule has 366 valence electrons. The Morgan fingerprint density at radius 2 is 1.38 bits per heavy atom. The summed E-state index contributed by atoms with van der Waals surface area (Å²) in [6.07, 6.45) is -14.5. The van der Waals surface area contributed by atoms with Gasteiger partial charge < -0.3 is 84.3 Å². The molecule has 3 heterocycles. The van der Waals surface area contributed by atoms with E-state index in [9.17, 15) is 55.9 Å². The number of carbonyl (C=O) groups is 1. The first-order valence-corrected chi connectivity index (χ1v) is 23.7. The second kappa shape index (κ2) is 18.3. The van der Waals surface area contributed by atoms with Crippen molar-refractivity contribution >= 4 is 5.97 Å². The van der Waals surface area contributed by atoms with Crippen molar-refractivity contribution in [3.8, 4) is 0 Å². The summed E-state index contributed by atoms with van der Waals surface area (Å²) in [5.74, 6) is -1.12. The molecule has 0 bridgehead atoms. The molecular weight excluding hydrogens is 859 g/mol. The number of carboxylic acid groups (broad SMARTS) is 1. The molecule has 9 N–H and O–H groups in total. The van der Waals surface area contributed by atoms with Gasteiger partial charge in [-0.3, -0.25) is 0 Å². The topological polar surface area (TPSA) is 278 Å². The minimum atomic E-state index is -1.77. The Bertz CT molecular complexity index is 1770. The molecule has 65 heavy (non-hydrogen) atoms. The average molecular weight is 935 g/mol. The van der Waals surface area contributed by atoms with Crippen LogP contribution in [-0.2, 0) is 33.2 Å². The van der Waals surface area contributed by atoms with E-state index in [1.807, 2.05) is 0 Å².